The number of carbonyl (C=O) groups excluding carboxylic acids is 1. The summed E-state index contributed by atoms with van der Waals surface area (Å²) in [5.74, 6) is 1.53. The van der Waals surface area contributed by atoms with Crippen LogP contribution in [0.3, 0.4) is 0 Å². The van der Waals surface area contributed by atoms with Crippen molar-refractivity contribution in [2.45, 2.75) is 25.1 Å². The van der Waals surface area contributed by atoms with E-state index >= 15 is 0 Å². The predicted molar refractivity (Wildman–Crippen MR) is 95.7 cm³/mol. The number of furan rings is 1. The van der Waals surface area contributed by atoms with Gasteiger partial charge in [-0.2, -0.15) is 0 Å². The molecule has 1 aromatic heterocycles. The van der Waals surface area contributed by atoms with Crippen molar-refractivity contribution in [1.82, 2.24) is 10.6 Å². The summed E-state index contributed by atoms with van der Waals surface area (Å²) < 4.78 is 11.3. The SMILES string of the molecule is CNC(O)c1cc(C(=O)N[C@H]2[C@@H]3COC[C@@H]32)c([C@@H](C)c2ccccc2)o1. The van der Waals surface area contributed by atoms with E-state index < -0.39 is 6.23 Å². The van der Waals surface area contributed by atoms with Crippen LogP contribution in [0, 0.1) is 11.8 Å². The molecule has 1 aliphatic carbocycles. The van der Waals surface area contributed by atoms with Gasteiger partial charge in [0, 0.05) is 23.8 Å². The Morgan fingerprint density at radius 1 is 1.23 bits per heavy atom. The molecule has 1 saturated heterocycles. The van der Waals surface area contributed by atoms with Crippen LogP contribution in [0.5, 0.6) is 0 Å². The molecule has 26 heavy (non-hydrogen) atoms. The van der Waals surface area contributed by atoms with Gasteiger partial charge in [-0.3, -0.25) is 10.1 Å². The third-order valence-corrected chi connectivity index (χ3v) is 5.51. The van der Waals surface area contributed by atoms with Gasteiger partial charge in [-0.1, -0.05) is 37.3 Å². The second-order valence-corrected chi connectivity index (χ2v) is 7.11. The molecule has 1 aliphatic heterocycles. The maximum absolute atomic E-state index is 12.9. The summed E-state index contributed by atoms with van der Waals surface area (Å²) in [4.78, 5) is 12.9. The summed E-state index contributed by atoms with van der Waals surface area (Å²) in [5.41, 5.74) is 1.54. The van der Waals surface area contributed by atoms with E-state index in [1.54, 1.807) is 13.1 Å². The monoisotopic (exact) mass is 356 g/mol. The van der Waals surface area contributed by atoms with Crippen molar-refractivity contribution < 1.29 is 19.1 Å². The number of rotatable bonds is 6. The highest BCUT2D eigenvalue weighted by molar-refractivity contribution is 5.96. The van der Waals surface area contributed by atoms with E-state index in [-0.39, 0.29) is 17.9 Å². The van der Waals surface area contributed by atoms with Gasteiger partial charge in [-0.15, -0.1) is 0 Å². The van der Waals surface area contributed by atoms with Crippen molar-refractivity contribution in [3.05, 3.63) is 59.0 Å². The molecule has 2 heterocycles. The van der Waals surface area contributed by atoms with Gasteiger partial charge in [0.15, 0.2) is 6.23 Å². The van der Waals surface area contributed by atoms with Gasteiger partial charge in [0.1, 0.15) is 11.5 Å². The Morgan fingerprint density at radius 2 is 1.92 bits per heavy atom. The van der Waals surface area contributed by atoms with E-state index in [1.165, 1.54) is 0 Å². The first-order chi connectivity index (χ1) is 12.6. The molecule has 0 radical (unpaired) electrons. The summed E-state index contributed by atoms with van der Waals surface area (Å²) in [5, 5.41) is 15.9. The third-order valence-electron chi connectivity index (χ3n) is 5.51. The van der Waals surface area contributed by atoms with Crippen molar-refractivity contribution in [3.63, 3.8) is 0 Å². The lowest BCUT2D eigenvalue weighted by Gasteiger charge is -2.13. The largest absolute Gasteiger partial charge is 0.460 e. The summed E-state index contributed by atoms with van der Waals surface area (Å²) in [7, 11) is 1.64. The Kier molecular flexibility index (Phi) is 4.56. The summed E-state index contributed by atoms with van der Waals surface area (Å²) in [6, 6.07) is 11.7. The third kappa shape index (κ3) is 3.05. The average molecular weight is 356 g/mol. The highest BCUT2D eigenvalue weighted by Crippen LogP contribution is 2.44. The lowest BCUT2D eigenvalue weighted by molar-refractivity contribution is 0.0926. The number of nitrogens with one attached hydrogen (secondary N) is 2. The number of hydrogen-bond donors (Lipinski definition) is 3. The molecule has 1 unspecified atom stereocenters. The first-order valence-electron chi connectivity index (χ1n) is 9.02. The molecule has 138 valence electrons. The fraction of sp³-hybridized carbons (Fsp3) is 0.450. The van der Waals surface area contributed by atoms with Crippen molar-refractivity contribution in [2.75, 3.05) is 20.3 Å². The van der Waals surface area contributed by atoms with E-state index in [2.05, 4.69) is 10.6 Å². The molecular weight excluding hydrogens is 332 g/mol. The minimum atomic E-state index is -0.952. The Hall–Kier alpha value is -2.15. The number of carbonyl (C=O) groups is 1. The van der Waals surface area contributed by atoms with Gasteiger partial charge in [0.2, 0.25) is 0 Å². The normalized spacial score (nSPS) is 26.2. The van der Waals surface area contributed by atoms with Crippen LogP contribution < -0.4 is 10.6 Å². The molecule has 0 spiro atoms. The zero-order valence-corrected chi connectivity index (χ0v) is 14.9. The van der Waals surface area contributed by atoms with E-state index in [4.69, 9.17) is 9.15 Å². The highest BCUT2D eigenvalue weighted by atomic mass is 16.5. The number of ether oxygens (including phenoxy) is 1. The van der Waals surface area contributed by atoms with Gasteiger partial charge in [-0.25, -0.2) is 0 Å². The zero-order valence-electron chi connectivity index (χ0n) is 14.9. The highest BCUT2D eigenvalue weighted by Gasteiger charge is 2.55. The minimum Gasteiger partial charge on any atom is -0.460 e. The van der Waals surface area contributed by atoms with Crippen molar-refractivity contribution >= 4 is 5.91 Å². The lowest BCUT2D eigenvalue weighted by Crippen LogP contribution is -2.30. The molecule has 5 atom stereocenters. The molecule has 3 N–H and O–H groups in total. The Labute approximate surface area is 152 Å². The Balaban J connectivity index is 1.61. The van der Waals surface area contributed by atoms with Crippen molar-refractivity contribution in [1.29, 1.82) is 0 Å². The van der Waals surface area contributed by atoms with Crippen LogP contribution in [0.25, 0.3) is 0 Å². The van der Waals surface area contributed by atoms with E-state index in [1.807, 2.05) is 37.3 Å². The zero-order chi connectivity index (χ0) is 18.3. The number of aliphatic hydroxyl groups is 1. The molecule has 2 aliphatic rings. The fourth-order valence-electron chi connectivity index (χ4n) is 3.78. The Bertz CT molecular complexity index is 778. The standard InChI is InChI=1S/C20H24N2O4/c1-11(12-6-4-3-5-7-12)18-13(8-16(26-18)20(24)21-2)19(23)22-17-14-9-25-10-15(14)17/h3-8,11,14-15,17,20-21,24H,9-10H2,1-2H3,(H,22,23)/t11-,14-,15+,17+,20?/m0/s1. The summed E-state index contributed by atoms with van der Waals surface area (Å²) in [6.07, 6.45) is -0.952. The topological polar surface area (TPSA) is 83.7 Å². The lowest BCUT2D eigenvalue weighted by atomic mass is 9.96. The van der Waals surface area contributed by atoms with E-state index in [0.29, 0.717) is 28.9 Å². The van der Waals surface area contributed by atoms with Gasteiger partial charge in [-0.05, 0) is 18.7 Å². The molecular formula is C20H24N2O4. The smallest absolute Gasteiger partial charge is 0.255 e. The second kappa shape index (κ2) is 6.87. The molecule has 6 nitrogen and oxygen atoms in total. The number of benzene rings is 1. The van der Waals surface area contributed by atoms with Crippen LogP contribution in [0.1, 0.15) is 46.5 Å². The number of amides is 1. The summed E-state index contributed by atoms with van der Waals surface area (Å²) in [6.45, 7) is 3.44. The predicted octanol–water partition coefficient (Wildman–Crippen LogP) is 2.02. The molecule has 2 aromatic rings. The fourth-order valence-corrected chi connectivity index (χ4v) is 3.78. The Morgan fingerprint density at radius 3 is 2.58 bits per heavy atom. The maximum atomic E-state index is 12.9. The number of fused-ring (bicyclic) bond motifs is 1. The first kappa shape index (κ1) is 17.3. The molecule has 4 rings (SSSR count). The molecule has 1 aromatic carbocycles. The van der Waals surface area contributed by atoms with E-state index in [9.17, 15) is 9.90 Å². The molecule has 1 amide bonds. The van der Waals surface area contributed by atoms with Crippen LogP contribution in [0.15, 0.2) is 40.8 Å². The van der Waals surface area contributed by atoms with Crippen LogP contribution in [0.2, 0.25) is 0 Å². The minimum absolute atomic E-state index is 0.100. The van der Waals surface area contributed by atoms with Gasteiger partial charge in [0.05, 0.1) is 18.8 Å². The average Bonchev–Trinajstić information content (AvgIpc) is 3.07. The van der Waals surface area contributed by atoms with Crippen LogP contribution in [0.4, 0.5) is 0 Å². The quantitative estimate of drug-likeness (QED) is 0.690. The van der Waals surface area contributed by atoms with Gasteiger partial charge in [0.25, 0.3) is 5.91 Å². The maximum Gasteiger partial charge on any atom is 0.255 e. The van der Waals surface area contributed by atoms with Crippen molar-refractivity contribution in [2.24, 2.45) is 11.8 Å². The van der Waals surface area contributed by atoms with Gasteiger partial charge >= 0.3 is 0 Å². The number of hydrogen-bond acceptors (Lipinski definition) is 5. The summed E-state index contributed by atoms with van der Waals surface area (Å²) >= 11 is 0. The van der Waals surface area contributed by atoms with E-state index in [0.717, 1.165) is 18.8 Å². The van der Waals surface area contributed by atoms with Crippen LogP contribution in [-0.2, 0) is 4.74 Å². The van der Waals surface area contributed by atoms with Crippen LogP contribution in [-0.4, -0.2) is 37.3 Å². The molecule has 6 heteroatoms. The van der Waals surface area contributed by atoms with Gasteiger partial charge < -0.3 is 19.6 Å². The molecule has 2 fully saturated rings. The molecule has 1 saturated carbocycles. The van der Waals surface area contributed by atoms with Crippen LogP contribution >= 0.6 is 0 Å². The van der Waals surface area contributed by atoms with Crippen molar-refractivity contribution in [3.8, 4) is 0 Å². The number of aliphatic hydroxyl groups excluding tert-OH is 1. The second-order valence-electron chi connectivity index (χ2n) is 7.11. The first-order valence-corrected chi connectivity index (χ1v) is 9.02. The molecule has 0 bridgehead atoms.